The summed E-state index contributed by atoms with van der Waals surface area (Å²) >= 11 is 3.05. The second-order valence-corrected chi connectivity index (χ2v) is 6.83. The lowest BCUT2D eigenvalue weighted by Gasteiger charge is -2.10. The first-order valence-corrected chi connectivity index (χ1v) is 8.07. The molecule has 0 radical (unpaired) electrons. The Bertz CT molecular complexity index is 781. The van der Waals surface area contributed by atoms with Crippen molar-refractivity contribution in [1.29, 1.82) is 0 Å². The number of hydrogen-bond donors (Lipinski definition) is 2. The van der Waals surface area contributed by atoms with Gasteiger partial charge in [-0.05, 0) is 59.4 Å². The van der Waals surface area contributed by atoms with Crippen LogP contribution < -0.4 is 15.2 Å². The molecule has 0 amide bonds. The predicted octanol–water partition coefficient (Wildman–Crippen LogP) is 2.87. The number of rotatable bonds is 4. The molecule has 2 aromatic rings. The van der Waals surface area contributed by atoms with Gasteiger partial charge >= 0.3 is 0 Å². The highest BCUT2D eigenvalue weighted by Gasteiger charge is 2.14. The highest BCUT2D eigenvalue weighted by atomic mass is 79.9. The number of halogens is 2. The summed E-state index contributed by atoms with van der Waals surface area (Å²) in [6.45, 7) is 0. The molecule has 0 fully saturated rings. The van der Waals surface area contributed by atoms with Gasteiger partial charge in [-0.3, -0.25) is 0 Å². The topological polar surface area (TPSA) is 81.4 Å². The maximum atomic E-state index is 13.1. The fourth-order valence-corrected chi connectivity index (χ4v) is 2.69. The van der Waals surface area contributed by atoms with Crippen molar-refractivity contribution in [2.45, 2.75) is 4.90 Å². The molecule has 0 aliphatic heterocycles. The minimum absolute atomic E-state index is 0.0372. The third-order valence-electron chi connectivity index (χ3n) is 2.68. The third-order valence-corrected chi connectivity index (χ3v) is 4.70. The van der Waals surface area contributed by atoms with E-state index in [0.29, 0.717) is 5.75 Å². The number of ether oxygens (including phenoxy) is 1. The minimum atomic E-state index is -3.57. The van der Waals surface area contributed by atoms with E-state index < -0.39 is 15.8 Å². The lowest BCUT2D eigenvalue weighted by Crippen LogP contribution is -2.18. The molecule has 2 aromatic carbocycles. The summed E-state index contributed by atoms with van der Waals surface area (Å²) in [5, 5.41) is 0. The van der Waals surface area contributed by atoms with E-state index in [1.807, 2.05) is 0 Å². The molecule has 112 valence electrons. The van der Waals surface area contributed by atoms with Gasteiger partial charge in [-0.25, -0.2) is 17.5 Å². The summed E-state index contributed by atoms with van der Waals surface area (Å²) in [5.41, 5.74) is 5.94. The van der Waals surface area contributed by atoms with Crippen molar-refractivity contribution in [3.8, 4) is 11.5 Å². The Morgan fingerprint density at radius 1 is 1.24 bits per heavy atom. The molecule has 8 heteroatoms. The van der Waals surface area contributed by atoms with Crippen molar-refractivity contribution in [2.24, 2.45) is 0 Å². The Hall–Kier alpha value is -1.64. The summed E-state index contributed by atoms with van der Waals surface area (Å²) in [5.74, 6) is 0.244. The summed E-state index contributed by atoms with van der Waals surface area (Å²) in [6.07, 6.45) is 0. The quantitative estimate of drug-likeness (QED) is 0.806. The zero-order chi connectivity index (χ0) is 15.6. The number of hydrogen-bond acceptors (Lipinski definition) is 4. The maximum Gasteiger partial charge on any atom is 0.240 e. The SMILES string of the molecule is CNS(=O)(=O)c1ccc(Oc2ccc(F)c(Br)c2)c(N)c1. The molecule has 0 atom stereocenters. The first-order chi connectivity index (χ1) is 9.83. The minimum Gasteiger partial charge on any atom is -0.455 e. The zero-order valence-corrected chi connectivity index (χ0v) is 13.3. The molecule has 3 N–H and O–H groups in total. The normalized spacial score (nSPS) is 11.4. The van der Waals surface area contributed by atoms with Crippen LogP contribution in [0.5, 0.6) is 11.5 Å². The largest absolute Gasteiger partial charge is 0.455 e. The van der Waals surface area contributed by atoms with Crippen molar-refractivity contribution in [1.82, 2.24) is 4.72 Å². The van der Waals surface area contributed by atoms with Crippen LogP contribution in [0.4, 0.5) is 10.1 Å². The molecular formula is C13H12BrFN2O3S. The van der Waals surface area contributed by atoms with Gasteiger partial charge in [0.05, 0.1) is 15.1 Å². The van der Waals surface area contributed by atoms with Crippen LogP contribution in [0.25, 0.3) is 0 Å². The van der Waals surface area contributed by atoms with Crippen LogP contribution in [-0.4, -0.2) is 15.5 Å². The van der Waals surface area contributed by atoms with Gasteiger partial charge in [0.25, 0.3) is 0 Å². The molecule has 21 heavy (non-hydrogen) atoms. The maximum absolute atomic E-state index is 13.1. The fourth-order valence-electron chi connectivity index (χ4n) is 1.57. The molecule has 0 aliphatic carbocycles. The summed E-state index contributed by atoms with van der Waals surface area (Å²) in [4.78, 5) is 0.0372. The molecule has 0 saturated carbocycles. The van der Waals surface area contributed by atoms with E-state index in [-0.39, 0.29) is 20.8 Å². The zero-order valence-electron chi connectivity index (χ0n) is 10.9. The third kappa shape index (κ3) is 3.52. The summed E-state index contributed by atoms with van der Waals surface area (Å²) in [7, 11) is -2.25. The second-order valence-electron chi connectivity index (χ2n) is 4.09. The highest BCUT2D eigenvalue weighted by molar-refractivity contribution is 9.10. The van der Waals surface area contributed by atoms with Gasteiger partial charge in [0.2, 0.25) is 10.0 Å². The van der Waals surface area contributed by atoms with Crippen molar-refractivity contribution in [3.05, 3.63) is 46.7 Å². The first-order valence-electron chi connectivity index (χ1n) is 5.79. The van der Waals surface area contributed by atoms with E-state index in [0.717, 1.165) is 0 Å². The van der Waals surface area contributed by atoms with Gasteiger partial charge in [-0.1, -0.05) is 0 Å². The van der Waals surface area contributed by atoms with Crippen LogP contribution in [0.15, 0.2) is 45.8 Å². The predicted molar refractivity (Wildman–Crippen MR) is 81.3 cm³/mol. The molecule has 0 heterocycles. The number of benzene rings is 2. The number of nitrogens with one attached hydrogen (secondary N) is 1. The van der Waals surface area contributed by atoms with Crippen molar-refractivity contribution in [2.75, 3.05) is 12.8 Å². The van der Waals surface area contributed by atoms with Gasteiger partial charge in [-0.2, -0.15) is 0 Å². The Morgan fingerprint density at radius 3 is 2.52 bits per heavy atom. The van der Waals surface area contributed by atoms with Crippen molar-refractivity contribution in [3.63, 3.8) is 0 Å². The van der Waals surface area contributed by atoms with Crippen LogP contribution in [-0.2, 0) is 10.0 Å². The van der Waals surface area contributed by atoms with Gasteiger partial charge in [-0.15, -0.1) is 0 Å². The first kappa shape index (κ1) is 15.7. The van der Waals surface area contributed by atoms with Gasteiger partial charge in [0.1, 0.15) is 17.3 Å². The van der Waals surface area contributed by atoms with Gasteiger partial charge < -0.3 is 10.5 Å². The lowest BCUT2D eigenvalue weighted by molar-refractivity contribution is 0.481. The highest BCUT2D eigenvalue weighted by Crippen LogP contribution is 2.31. The Kier molecular flexibility index (Phi) is 4.50. The molecular weight excluding hydrogens is 363 g/mol. The molecule has 2 rings (SSSR count). The molecule has 0 unspecified atom stereocenters. The standard InChI is InChI=1S/C13H12BrFN2O3S/c1-17-21(18,19)9-3-5-13(12(16)7-9)20-8-2-4-11(15)10(14)6-8/h2-7,17H,16H2,1H3. The molecule has 0 bridgehead atoms. The van der Waals surface area contributed by atoms with Crippen molar-refractivity contribution < 1.29 is 17.5 Å². The van der Waals surface area contributed by atoms with Crippen molar-refractivity contribution >= 4 is 31.6 Å². The average Bonchev–Trinajstić information content (AvgIpc) is 2.45. The number of sulfonamides is 1. The van der Waals surface area contributed by atoms with E-state index in [2.05, 4.69) is 20.7 Å². The molecule has 0 saturated heterocycles. The van der Waals surface area contributed by atoms with E-state index in [4.69, 9.17) is 10.5 Å². The van der Waals surface area contributed by atoms with E-state index in [1.54, 1.807) is 0 Å². The van der Waals surface area contributed by atoms with Gasteiger partial charge in [0.15, 0.2) is 0 Å². The van der Waals surface area contributed by atoms with E-state index in [9.17, 15) is 12.8 Å². The summed E-state index contributed by atoms with van der Waals surface area (Å²) < 4.78 is 44.4. The Balaban J connectivity index is 2.31. The monoisotopic (exact) mass is 374 g/mol. The fraction of sp³-hybridized carbons (Fsp3) is 0.0769. The lowest BCUT2D eigenvalue weighted by atomic mass is 10.3. The van der Waals surface area contributed by atoms with E-state index in [1.165, 1.54) is 43.4 Å². The van der Waals surface area contributed by atoms with E-state index >= 15 is 0 Å². The number of nitrogens with two attached hydrogens (primary N) is 1. The molecule has 0 aromatic heterocycles. The van der Waals surface area contributed by atoms with Crippen LogP contribution in [0.1, 0.15) is 0 Å². The summed E-state index contributed by atoms with van der Waals surface area (Å²) in [6, 6.07) is 8.24. The Labute approximate surface area is 130 Å². The molecule has 0 spiro atoms. The Morgan fingerprint density at radius 2 is 1.95 bits per heavy atom. The van der Waals surface area contributed by atoms with Gasteiger partial charge in [0, 0.05) is 0 Å². The number of anilines is 1. The number of nitrogen functional groups attached to an aromatic ring is 1. The van der Waals surface area contributed by atoms with Crippen LogP contribution >= 0.6 is 15.9 Å². The van der Waals surface area contributed by atoms with Crippen LogP contribution in [0.3, 0.4) is 0 Å². The second kappa shape index (κ2) is 6.00. The smallest absolute Gasteiger partial charge is 0.240 e. The molecule has 0 aliphatic rings. The van der Waals surface area contributed by atoms with Crippen LogP contribution in [0, 0.1) is 5.82 Å². The van der Waals surface area contributed by atoms with Crippen LogP contribution in [0.2, 0.25) is 0 Å². The molecule has 5 nitrogen and oxygen atoms in total. The average molecular weight is 375 g/mol.